The Bertz CT molecular complexity index is 969. The third kappa shape index (κ3) is 3.84. The maximum Gasteiger partial charge on any atom is 0.258 e. The zero-order chi connectivity index (χ0) is 20.4. The number of benzene rings is 1. The van der Waals surface area contributed by atoms with Crippen LogP contribution < -0.4 is 5.56 Å². The predicted octanol–water partition coefficient (Wildman–Crippen LogP) is 6.14. The highest BCUT2D eigenvalue weighted by molar-refractivity contribution is 7.99. The maximum absolute atomic E-state index is 14.0. The van der Waals surface area contributed by atoms with Crippen molar-refractivity contribution >= 4 is 11.8 Å². The fraction of sp³-hybridized carbons (Fsp3) is 0.520. The van der Waals surface area contributed by atoms with E-state index in [-0.39, 0.29) is 11.0 Å². The Kier molecular flexibility index (Phi) is 6.00. The number of thioether (sulfide) groups is 1. The third-order valence-electron chi connectivity index (χ3n) is 6.46. The monoisotopic (exact) mass is 408 g/mol. The molecule has 0 bridgehead atoms. The van der Waals surface area contributed by atoms with Crippen LogP contribution in [0.5, 0.6) is 0 Å². The summed E-state index contributed by atoms with van der Waals surface area (Å²) in [5.41, 5.74) is 5.77. The topological polar surface area (TPSA) is 34.9 Å². The minimum Gasteiger partial charge on any atom is -0.287 e. The second kappa shape index (κ2) is 8.51. The van der Waals surface area contributed by atoms with Crippen LogP contribution in [0.25, 0.3) is 11.3 Å². The van der Waals surface area contributed by atoms with E-state index in [1.165, 1.54) is 24.8 Å². The minimum absolute atomic E-state index is 0.0302. The summed E-state index contributed by atoms with van der Waals surface area (Å²) in [5, 5.41) is 0.855. The van der Waals surface area contributed by atoms with Crippen LogP contribution in [0.2, 0.25) is 0 Å². The molecule has 4 heteroatoms. The van der Waals surface area contributed by atoms with Gasteiger partial charge < -0.3 is 0 Å². The van der Waals surface area contributed by atoms with E-state index in [0.717, 1.165) is 72.0 Å². The normalized spacial score (nSPS) is 17.0. The van der Waals surface area contributed by atoms with Gasteiger partial charge in [0.05, 0.1) is 11.3 Å². The van der Waals surface area contributed by atoms with E-state index in [1.807, 2.05) is 11.5 Å². The molecule has 2 aromatic rings. The molecule has 0 unspecified atom stereocenters. The van der Waals surface area contributed by atoms with E-state index in [1.54, 1.807) is 11.8 Å². The van der Waals surface area contributed by atoms with Crippen LogP contribution in [0, 0.1) is 0 Å². The quantitative estimate of drug-likeness (QED) is 0.327. The van der Waals surface area contributed by atoms with Crippen LogP contribution in [-0.4, -0.2) is 15.3 Å². The number of nitrogens with zero attached hydrogens (tertiary/aromatic N) is 2. The van der Waals surface area contributed by atoms with Crippen molar-refractivity contribution in [3.8, 4) is 11.3 Å². The van der Waals surface area contributed by atoms with Crippen molar-refractivity contribution < 1.29 is 0 Å². The van der Waals surface area contributed by atoms with E-state index < -0.39 is 0 Å². The summed E-state index contributed by atoms with van der Waals surface area (Å²) in [4.78, 5) is 19.1. The van der Waals surface area contributed by atoms with Crippen LogP contribution in [0.3, 0.4) is 0 Å². The highest BCUT2D eigenvalue weighted by atomic mass is 32.2. The molecular weight excluding hydrogens is 376 g/mol. The molecular formula is C25H32N2OS. The first-order valence-corrected chi connectivity index (χ1v) is 12.0. The summed E-state index contributed by atoms with van der Waals surface area (Å²) in [6.45, 7) is 9.01. The van der Waals surface area contributed by atoms with E-state index >= 15 is 0 Å². The number of fused-ring (bicyclic) bond motifs is 4. The molecule has 154 valence electrons. The number of rotatable bonds is 6. The summed E-state index contributed by atoms with van der Waals surface area (Å²) in [7, 11) is 0. The van der Waals surface area contributed by atoms with Gasteiger partial charge >= 0.3 is 0 Å². The predicted molar refractivity (Wildman–Crippen MR) is 123 cm³/mol. The summed E-state index contributed by atoms with van der Waals surface area (Å²) in [6, 6.07) is 8.59. The summed E-state index contributed by atoms with van der Waals surface area (Å²) >= 11 is 1.65. The van der Waals surface area contributed by atoms with Crippen LogP contribution in [0.4, 0.5) is 0 Å². The van der Waals surface area contributed by atoms with Gasteiger partial charge in [0.2, 0.25) is 0 Å². The smallest absolute Gasteiger partial charge is 0.258 e. The standard InChI is InChI=1S/C25H32N2OS/c1-4-5-15-27-23(28)21-22(26-24(27)29-17-18(2)3)20-12-8-7-11-19(20)16-25(21)13-9-6-10-14-25/h7-8,11-12H,2,4-6,9-10,13-17H2,1,3H3. The lowest BCUT2D eigenvalue weighted by atomic mass is 9.62. The molecule has 0 N–H and O–H groups in total. The zero-order valence-electron chi connectivity index (χ0n) is 17.8. The first-order valence-electron chi connectivity index (χ1n) is 11.1. The average molecular weight is 409 g/mol. The summed E-state index contributed by atoms with van der Waals surface area (Å²) in [6.07, 6.45) is 8.98. The number of hydrogen-bond donors (Lipinski definition) is 0. The molecule has 1 heterocycles. The van der Waals surface area contributed by atoms with Crippen molar-refractivity contribution in [1.82, 2.24) is 9.55 Å². The van der Waals surface area contributed by atoms with Gasteiger partial charge in [0, 0.05) is 23.3 Å². The zero-order valence-corrected chi connectivity index (χ0v) is 18.6. The van der Waals surface area contributed by atoms with Gasteiger partial charge in [-0.3, -0.25) is 9.36 Å². The molecule has 0 saturated heterocycles. The fourth-order valence-electron chi connectivity index (χ4n) is 5.03. The summed E-state index contributed by atoms with van der Waals surface area (Å²) in [5.74, 6) is 0.796. The SMILES string of the molecule is C=C(C)CSc1nc2c(c(=O)n1CCCC)C1(CCCCC1)Cc1ccccc1-2. The molecule has 2 aliphatic carbocycles. The lowest BCUT2D eigenvalue weighted by Crippen LogP contribution is -2.43. The van der Waals surface area contributed by atoms with Crippen LogP contribution in [-0.2, 0) is 18.4 Å². The van der Waals surface area contributed by atoms with Crippen LogP contribution in [0.1, 0.15) is 69.9 Å². The molecule has 1 aromatic heterocycles. The Morgan fingerprint density at radius 3 is 2.72 bits per heavy atom. The number of unbranched alkanes of at least 4 members (excludes halogenated alkanes) is 1. The first-order chi connectivity index (χ1) is 14.1. The Morgan fingerprint density at radius 2 is 2.00 bits per heavy atom. The Labute approximate surface area is 178 Å². The Hall–Kier alpha value is -1.81. The second-order valence-electron chi connectivity index (χ2n) is 8.85. The van der Waals surface area contributed by atoms with Crippen molar-refractivity contribution in [3.05, 3.63) is 57.9 Å². The molecule has 29 heavy (non-hydrogen) atoms. The van der Waals surface area contributed by atoms with Gasteiger partial charge in [0.15, 0.2) is 5.16 Å². The van der Waals surface area contributed by atoms with Crippen molar-refractivity contribution in [2.45, 2.75) is 82.3 Å². The molecule has 3 nitrogen and oxygen atoms in total. The number of hydrogen-bond acceptors (Lipinski definition) is 3. The average Bonchev–Trinajstić information content (AvgIpc) is 2.72. The van der Waals surface area contributed by atoms with Crippen molar-refractivity contribution in [2.24, 2.45) is 0 Å². The van der Waals surface area contributed by atoms with Crippen LogP contribution >= 0.6 is 11.8 Å². The van der Waals surface area contributed by atoms with Crippen LogP contribution in [0.15, 0.2) is 46.4 Å². The van der Waals surface area contributed by atoms with E-state index in [9.17, 15) is 4.79 Å². The van der Waals surface area contributed by atoms with E-state index in [4.69, 9.17) is 4.98 Å². The van der Waals surface area contributed by atoms with Gasteiger partial charge in [-0.15, -0.1) is 0 Å². The fourth-order valence-corrected chi connectivity index (χ4v) is 5.89. The second-order valence-corrected chi connectivity index (χ2v) is 9.79. The molecule has 1 aromatic carbocycles. The molecule has 1 fully saturated rings. The van der Waals surface area contributed by atoms with Gasteiger partial charge in [0.25, 0.3) is 5.56 Å². The lowest BCUT2D eigenvalue weighted by molar-refractivity contribution is 0.281. The molecule has 0 atom stereocenters. The molecule has 2 aliphatic rings. The van der Waals surface area contributed by atoms with Gasteiger partial charge in [-0.05, 0) is 38.2 Å². The highest BCUT2D eigenvalue weighted by Crippen LogP contribution is 2.48. The van der Waals surface area contributed by atoms with Gasteiger partial charge in [-0.2, -0.15) is 0 Å². The van der Waals surface area contributed by atoms with Crippen molar-refractivity contribution in [2.75, 3.05) is 5.75 Å². The molecule has 0 amide bonds. The van der Waals surface area contributed by atoms with Crippen molar-refractivity contribution in [3.63, 3.8) is 0 Å². The lowest BCUT2D eigenvalue weighted by Gasteiger charge is -2.42. The van der Waals surface area contributed by atoms with Crippen molar-refractivity contribution in [1.29, 1.82) is 0 Å². The molecule has 0 aliphatic heterocycles. The molecule has 4 rings (SSSR count). The third-order valence-corrected chi connectivity index (χ3v) is 7.67. The Morgan fingerprint density at radius 1 is 1.24 bits per heavy atom. The van der Waals surface area contributed by atoms with E-state index in [0.29, 0.717) is 0 Å². The highest BCUT2D eigenvalue weighted by Gasteiger charge is 2.43. The summed E-state index contributed by atoms with van der Waals surface area (Å²) < 4.78 is 1.97. The minimum atomic E-state index is -0.0302. The molecule has 1 spiro atoms. The van der Waals surface area contributed by atoms with Gasteiger partial charge in [0.1, 0.15) is 0 Å². The first kappa shape index (κ1) is 20.5. The van der Waals surface area contributed by atoms with Gasteiger partial charge in [-0.1, -0.05) is 80.8 Å². The number of aromatic nitrogens is 2. The molecule has 1 saturated carbocycles. The van der Waals surface area contributed by atoms with Gasteiger partial charge in [-0.25, -0.2) is 4.98 Å². The Balaban J connectivity index is 1.94. The van der Waals surface area contributed by atoms with E-state index in [2.05, 4.69) is 37.8 Å². The maximum atomic E-state index is 14.0. The molecule has 0 radical (unpaired) electrons. The largest absolute Gasteiger partial charge is 0.287 e.